The van der Waals surface area contributed by atoms with Gasteiger partial charge < -0.3 is 5.73 Å². The summed E-state index contributed by atoms with van der Waals surface area (Å²) in [5, 5.41) is 3.11. The van der Waals surface area contributed by atoms with E-state index in [0.29, 0.717) is 5.69 Å². The summed E-state index contributed by atoms with van der Waals surface area (Å²) in [6.45, 7) is 6.09. The number of aromatic amines is 1. The first kappa shape index (κ1) is 12.5. The van der Waals surface area contributed by atoms with Crippen LogP contribution in [0.2, 0.25) is 0 Å². The smallest absolute Gasteiger partial charge is 0.294 e. The fourth-order valence-corrected chi connectivity index (χ4v) is 2.16. The van der Waals surface area contributed by atoms with Crippen LogP contribution in [0.4, 0.5) is 5.69 Å². The third-order valence-corrected chi connectivity index (χ3v) is 3.10. The highest BCUT2D eigenvalue weighted by molar-refractivity contribution is 5.47. The second-order valence-corrected chi connectivity index (χ2v) is 4.68. The lowest BCUT2D eigenvalue weighted by Gasteiger charge is -2.06. The lowest BCUT2D eigenvalue weighted by molar-refractivity contribution is 0.789. The second kappa shape index (κ2) is 4.72. The Labute approximate surface area is 106 Å². The zero-order valence-corrected chi connectivity index (χ0v) is 11.1. The summed E-state index contributed by atoms with van der Waals surface area (Å²) >= 11 is 0. The SMILES string of the molecule is CCCc1[nH]n(-c2ccc(C)cc2C)c(=O)c1N. The van der Waals surface area contributed by atoms with Crippen molar-refractivity contribution in [3.8, 4) is 5.69 Å². The van der Waals surface area contributed by atoms with Gasteiger partial charge in [0.1, 0.15) is 5.69 Å². The quantitative estimate of drug-likeness (QED) is 0.871. The van der Waals surface area contributed by atoms with Gasteiger partial charge in [-0.1, -0.05) is 31.0 Å². The Kier molecular flexibility index (Phi) is 3.28. The maximum Gasteiger partial charge on any atom is 0.294 e. The van der Waals surface area contributed by atoms with Crippen LogP contribution in [0.3, 0.4) is 0 Å². The van der Waals surface area contributed by atoms with Crippen molar-refractivity contribution in [2.75, 3.05) is 5.73 Å². The van der Waals surface area contributed by atoms with Crippen LogP contribution in [-0.2, 0) is 6.42 Å². The first-order chi connectivity index (χ1) is 8.54. The van der Waals surface area contributed by atoms with Gasteiger partial charge in [-0.15, -0.1) is 0 Å². The molecule has 0 unspecified atom stereocenters. The molecule has 0 radical (unpaired) electrons. The molecule has 0 aliphatic heterocycles. The van der Waals surface area contributed by atoms with E-state index in [1.165, 1.54) is 10.2 Å². The standard InChI is InChI=1S/C14H19N3O/c1-4-5-11-13(15)14(18)17(16-11)12-7-6-9(2)8-10(12)3/h6-8,16H,4-5,15H2,1-3H3. The normalized spacial score (nSPS) is 10.8. The molecule has 1 aromatic carbocycles. The highest BCUT2D eigenvalue weighted by Crippen LogP contribution is 2.15. The van der Waals surface area contributed by atoms with Gasteiger partial charge >= 0.3 is 0 Å². The highest BCUT2D eigenvalue weighted by atomic mass is 16.1. The number of hydrogen-bond donors (Lipinski definition) is 2. The molecule has 4 heteroatoms. The molecule has 0 atom stereocenters. The molecule has 0 saturated heterocycles. The molecule has 1 aromatic heterocycles. The largest absolute Gasteiger partial charge is 0.393 e. The van der Waals surface area contributed by atoms with E-state index < -0.39 is 0 Å². The van der Waals surface area contributed by atoms with E-state index in [1.807, 2.05) is 26.0 Å². The fraction of sp³-hybridized carbons (Fsp3) is 0.357. The molecule has 96 valence electrons. The van der Waals surface area contributed by atoms with Crippen LogP contribution in [0.5, 0.6) is 0 Å². The molecule has 0 bridgehead atoms. The number of rotatable bonds is 3. The minimum atomic E-state index is -0.162. The van der Waals surface area contributed by atoms with Crippen LogP contribution in [0.15, 0.2) is 23.0 Å². The van der Waals surface area contributed by atoms with E-state index in [2.05, 4.69) is 18.1 Å². The first-order valence-electron chi connectivity index (χ1n) is 6.21. The minimum Gasteiger partial charge on any atom is -0.393 e. The van der Waals surface area contributed by atoms with Gasteiger partial charge in [0.2, 0.25) is 0 Å². The van der Waals surface area contributed by atoms with Crippen molar-refractivity contribution in [1.29, 1.82) is 0 Å². The van der Waals surface area contributed by atoms with E-state index in [0.717, 1.165) is 29.8 Å². The summed E-state index contributed by atoms with van der Waals surface area (Å²) in [5.41, 5.74) is 9.93. The molecule has 2 rings (SSSR count). The Morgan fingerprint density at radius 1 is 1.33 bits per heavy atom. The second-order valence-electron chi connectivity index (χ2n) is 4.68. The fourth-order valence-electron chi connectivity index (χ4n) is 2.16. The number of nitrogens with zero attached hydrogens (tertiary/aromatic N) is 1. The third-order valence-electron chi connectivity index (χ3n) is 3.10. The van der Waals surface area contributed by atoms with Crippen LogP contribution in [0.25, 0.3) is 5.69 Å². The number of benzene rings is 1. The lowest BCUT2D eigenvalue weighted by atomic mass is 10.1. The zero-order valence-electron chi connectivity index (χ0n) is 11.1. The van der Waals surface area contributed by atoms with Gasteiger partial charge in [0.25, 0.3) is 5.56 Å². The van der Waals surface area contributed by atoms with Crippen molar-refractivity contribution in [2.45, 2.75) is 33.6 Å². The molecule has 0 aliphatic carbocycles. The topological polar surface area (TPSA) is 63.8 Å². The number of aryl methyl sites for hydroxylation is 3. The van der Waals surface area contributed by atoms with Gasteiger partial charge in [-0.05, 0) is 31.9 Å². The number of aromatic nitrogens is 2. The average molecular weight is 245 g/mol. The molecule has 0 fully saturated rings. The van der Waals surface area contributed by atoms with E-state index in [1.54, 1.807) is 0 Å². The van der Waals surface area contributed by atoms with Crippen LogP contribution >= 0.6 is 0 Å². The number of nitrogens with two attached hydrogens (primary N) is 1. The van der Waals surface area contributed by atoms with E-state index >= 15 is 0 Å². The number of H-pyrrole nitrogens is 1. The van der Waals surface area contributed by atoms with Gasteiger partial charge in [0.05, 0.1) is 11.4 Å². The number of anilines is 1. The van der Waals surface area contributed by atoms with Gasteiger partial charge in [0, 0.05) is 0 Å². The van der Waals surface area contributed by atoms with E-state index in [4.69, 9.17) is 5.73 Å². The van der Waals surface area contributed by atoms with Crippen molar-refractivity contribution < 1.29 is 0 Å². The lowest BCUT2D eigenvalue weighted by Crippen LogP contribution is -2.17. The number of hydrogen-bond acceptors (Lipinski definition) is 2. The molecule has 3 N–H and O–H groups in total. The molecule has 18 heavy (non-hydrogen) atoms. The van der Waals surface area contributed by atoms with E-state index in [9.17, 15) is 4.79 Å². The molecule has 0 amide bonds. The molecular formula is C14H19N3O. The van der Waals surface area contributed by atoms with Crippen LogP contribution in [0.1, 0.15) is 30.2 Å². The van der Waals surface area contributed by atoms with Gasteiger partial charge in [0.15, 0.2) is 0 Å². The first-order valence-corrected chi connectivity index (χ1v) is 6.21. The minimum absolute atomic E-state index is 0.162. The molecule has 0 saturated carbocycles. The Hall–Kier alpha value is -1.97. The molecule has 4 nitrogen and oxygen atoms in total. The van der Waals surface area contributed by atoms with Crippen LogP contribution in [0, 0.1) is 13.8 Å². The van der Waals surface area contributed by atoms with Gasteiger partial charge in [-0.25, -0.2) is 4.68 Å². The Morgan fingerprint density at radius 2 is 2.06 bits per heavy atom. The monoisotopic (exact) mass is 245 g/mol. The summed E-state index contributed by atoms with van der Waals surface area (Å²) in [5.74, 6) is 0. The van der Waals surface area contributed by atoms with E-state index in [-0.39, 0.29) is 5.56 Å². The summed E-state index contributed by atoms with van der Waals surface area (Å²) in [7, 11) is 0. The van der Waals surface area contributed by atoms with Crippen molar-refractivity contribution >= 4 is 5.69 Å². The molecule has 0 spiro atoms. The maximum atomic E-state index is 12.1. The maximum absolute atomic E-state index is 12.1. The van der Waals surface area contributed by atoms with Crippen LogP contribution < -0.4 is 11.3 Å². The third kappa shape index (κ3) is 2.06. The average Bonchev–Trinajstić information content (AvgIpc) is 2.58. The number of nitrogen functional groups attached to an aromatic ring is 1. The summed E-state index contributed by atoms with van der Waals surface area (Å²) < 4.78 is 1.54. The van der Waals surface area contributed by atoms with Crippen LogP contribution in [-0.4, -0.2) is 9.78 Å². The summed E-state index contributed by atoms with van der Waals surface area (Å²) in [6, 6.07) is 5.99. The molecule has 2 aromatic rings. The highest BCUT2D eigenvalue weighted by Gasteiger charge is 2.12. The van der Waals surface area contributed by atoms with Crippen molar-refractivity contribution in [3.63, 3.8) is 0 Å². The zero-order chi connectivity index (χ0) is 13.3. The Morgan fingerprint density at radius 3 is 2.67 bits per heavy atom. The van der Waals surface area contributed by atoms with Crippen molar-refractivity contribution in [2.24, 2.45) is 0 Å². The summed E-state index contributed by atoms with van der Waals surface area (Å²) in [6.07, 6.45) is 1.75. The summed E-state index contributed by atoms with van der Waals surface area (Å²) in [4.78, 5) is 12.1. The number of nitrogens with one attached hydrogen (secondary N) is 1. The Bertz CT molecular complexity index is 622. The predicted molar refractivity (Wildman–Crippen MR) is 74.3 cm³/mol. The molecule has 0 aliphatic rings. The van der Waals surface area contributed by atoms with Gasteiger partial charge in [-0.2, -0.15) is 0 Å². The van der Waals surface area contributed by atoms with Crippen molar-refractivity contribution in [3.05, 3.63) is 45.4 Å². The Balaban J connectivity index is 2.57. The van der Waals surface area contributed by atoms with Crippen molar-refractivity contribution in [1.82, 2.24) is 9.78 Å². The predicted octanol–water partition coefficient (Wildman–Crippen LogP) is 2.32. The molecule has 1 heterocycles. The van der Waals surface area contributed by atoms with Gasteiger partial charge in [-0.3, -0.25) is 9.89 Å². The molecular weight excluding hydrogens is 226 g/mol.